The van der Waals surface area contributed by atoms with E-state index in [1.165, 1.54) is 16.7 Å². The Hall–Kier alpha value is -3.67. The minimum atomic E-state index is -0.489. The predicted molar refractivity (Wildman–Crippen MR) is 134 cm³/mol. The van der Waals surface area contributed by atoms with E-state index in [0.717, 1.165) is 31.0 Å². The summed E-state index contributed by atoms with van der Waals surface area (Å²) in [4.78, 5) is 44.9. The molecule has 12 heteroatoms. The maximum absolute atomic E-state index is 13.3. The molecule has 1 aliphatic heterocycles. The van der Waals surface area contributed by atoms with Gasteiger partial charge >= 0.3 is 5.69 Å². The number of aromatic nitrogens is 6. The molecule has 5 rings (SSSR count). The zero-order valence-corrected chi connectivity index (χ0v) is 20.0. The number of aryl methyl sites for hydroxylation is 2. The van der Waals surface area contributed by atoms with Gasteiger partial charge in [0.05, 0.1) is 0 Å². The number of nitrogens with zero attached hydrogens (tertiary/aromatic N) is 7. The van der Waals surface area contributed by atoms with E-state index in [0.29, 0.717) is 41.9 Å². The van der Waals surface area contributed by atoms with Gasteiger partial charge in [-0.2, -0.15) is 4.98 Å². The normalized spacial score (nSPS) is 14.1. The molecule has 35 heavy (non-hydrogen) atoms. The summed E-state index contributed by atoms with van der Waals surface area (Å²) in [7, 11) is 1.61. The Kier molecular flexibility index (Phi) is 6.53. The Morgan fingerprint density at radius 2 is 1.71 bits per heavy atom. The highest BCUT2D eigenvalue weighted by molar-refractivity contribution is 7.99. The second-order valence-corrected chi connectivity index (χ2v) is 9.30. The van der Waals surface area contributed by atoms with Crippen molar-refractivity contribution in [1.82, 2.24) is 29.1 Å². The Morgan fingerprint density at radius 3 is 2.43 bits per heavy atom. The molecule has 4 heterocycles. The lowest BCUT2D eigenvalue weighted by molar-refractivity contribution is 0.607. The minimum Gasteiger partial charge on any atom is -0.368 e. The van der Waals surface area contributed by atoms with Crippen LogP contribution >= 0.6 is 11.8 Å². The largest absolute Gasteiger partial charge is 0.368 e. The van der Waals surface area contributed by atoms with Crippen LogP contribution in [0.2, 0.25) is 0 Å². The van der Waals surface area contributed by atoms with Crippen LogP contribution in [0.5, 0.6) is 0 Å². The summed E-state index contributed by atoms with van der Waals surface area (Å²) >= 11 is 1.55. The van der Waals surface area contributed by atoms with Crippen LogP contribution in [0.25, 0.3) is 11.2 Å². The van der Waals surface area contributed by atoms with Crippen LogP contribution < -0.4 is 21.0 Å². The molecule has 0 aliphatic carbocycles. The first-order chi connectivity index (χ1) is 17.0. The number of rotatable bonds is 7. The van der Waals surface area contributed by atoms with Crippen molar-refractivity contribution in [1.29, 1.82) is 0 Å². The first-order valence-electron chi connectivity index (χ1n) is 11.4. The van der Waals surface area contributed by atoms with Gasteiger partial charge in [-0.3, -0.25) is 14.3 Å². The van der Waals surface area contributed by atoms with Crippen LogP contribution in [0.3, 0.4) is 0 Å². The van der Waals surface area contributed by atoms with Crippen LogP contribution in [-0.4, -0.2) is 61.0 Å². The Balaban J connectivity index is 1.38. The molecule has 1 aliphatic rings. The van der Waals surface area contributed by atoms with Gasteiger partial charge < -0.3 is 14.4 Å². The molecule has 0 saturated carbocycles. The van der Waals surface area contributed by atoms with Gasteiger partial charge in [-0.15, -0.1) is 0 Å². The molecule has 182 valence electrons. The van der Waals surface area contributed by atoms with Gasteiger partial charge in [0, 0.05) is 63.6 Å². The van der Waals surface area contributed by atoms with Gasteiger partial charge in [0.1, 0.15) is 5.82 Å². The smallest absolute Gasteiger partial charge is 0.329 e. The maximum Gasteiger partial charge on any atom is 0.329 e. The summed E-state index contributed by atoms with van der Waals surface area (Å²) in [6.07, 6.45) is 4.18. The molecule has 1 saturated heterocycles. The number of fused-ring (bicyclic) bond motifs is 1. The molecular weight excluding hydrogens is 471 g/mol. The van der Waals surface area contributed by atoms with E-state index in [-0.39, 0.29) is 5.82 Å². The fourth-order valence-corrected chi connectivity index (χ4v) is 4.97. The second-order valence-electron chi connectivity index (χ2n) is 8.24. The average Bonchev–Trinajstić information content (AvgIpc) is 3.27. The zero-order chi connectivity index (χ0) is 24.4. The van der Waals surface area contributed by atoms with Gasteiger partial charge in [-0.1, -0.05) is 11.8 Å². The lowest BCUT2D eigenvalue weighted by atomic mass is 10.2. The van der Waals surface area contributed by atoms with Crippen molar-refractivity contribution in [2.24, 2.45) is 7.05 Å². The Bertz CT molecular complexity index is 1430. The summed E-state index contributed by atoms with van der Waals surface area (Å²) in [6, 6.07) is 8.27. The van der Waals surface area contributed by atoms with Crippen molar-refractivity contribution >= 4 is 34.6 Å². The quantitative estimate of drug-likeness (QED) is 0.235. The number of anilines is 2. The van der Waals surface area contributed by atoms with Crippen LogP contribution in [0, 0.1) is 5.82 Å². The molecule has 1 fully saturated rings. The summed E-state index contributed by atoms with van der Waals surface area (Å²) in [5.74, 6) is 1.19. The first-order valence-corrected chi connectivity index (χ1v) is 12.3. The number of benzene rings is 1. The van der Waals surface area contributed by atoms with Crippen molar-refractivity contribution in [3.05, 3.63) is 69.4 Å². The molecule has 1 aromatic carbocycles. The van der Waals surface area contributed by atoms with E-state index in [4.69, 9.17) is 4.98 Å². The number of nitrogens with one attached hydrogen (secondary N) is 1. The molecule has 10 nitrogen and oxygen atoms in total. The van der Waals surface area contributed by atoms with E-state index in [2.05, 4.69) is 24.8 Å². The van der Waals surface area contributed by atoms with E-state index >= 15 is 0 Å². The van der Waals surface area contributed by atoms with Gasteiger partial charge in [0.2, 0.25) is 5.95 Å². The standard InChI is InChI=1S/C23H25FN8O2S/c1-29-19-18(20(33)28-23(29)34)32(10-3-15-35-21-25-8-2-9-26-21)22(27-19)31-13-11-30(12-14-31)17-6-4-16(24)5-7-17/h2,4-9H,3,10-15H2,1H3,(H,28,33,34). The van der Waals surface area contributed by atoms with E-state index in [1.807, 2.05) is 4.57 Å². The van der Waals surface area contributed by atoms with Gasteiger partial charge in [-0.25, -0.2) is 19.2 Å². The van der Waals surface area contributed by atoms with E-state index in [1.54, 1.807) is 49.4 Å². The van der Waals surface area contributed by atoms with Crippen LogP contribution in [0.4, 0.5) is 16.0 Å². The molecule has 4 aromatic rings. The number of halogens is 1. The summed E-state index contributed by atoms with van der Waals surface area (Å²) in [6.45, 7) is 3.38. The molecular formula is C23H25FN8O2S. The van der Waals surface area contributed by atoms with Crippen LogP contribution in [0.1, 0.15) is 6.42 Å². The van der Waals surface area contributed by atoms with Gasteiger partial charge in [0.25, 0.3) is 5.56 Å². The van der Waals surface area contributed by atoms with Crippen LogP contribution in [-0.2, 0) is 13.6 Å². The van der Waals surface area contributed by atoms with Crippen molar-refractivity contribution < 1.29 is 4.39 Å². The summed E-state index contributed by atoms with van der Waals surface area (Å²) in [5, 5.41) is 0.709. The number of imidazole rings is 1. The lowest BCUT2D eigenvalue weighted by Crippen LogP contribution is -2.47. The average molecular weight is 497 g/mol. The highest BCUT2D eigenvalue weighted by Crippen LogP contribution is 2.24. The SMILES string of the molecule is Cn1c(=O)[nH]c(=O)c2c1nc(N1CCN(c3ccc(F)cc3)CC1)n2CCCSc1ncccn1. The molecule has 3 aromatic heterocycles. The molecule has 0 spiro atoms. The fourth-order valence-electron chi connectivity index (χ4n) is 4.24. The first kappa shape index (κ1) is 23.1. The van der Waals surface area contributed by atoms with Gasteiger partial charge in [0.15, 0.2) is 16.3 Å². The Morgan fingerprint density at radius 1 is 1.03 bits per heavy atom. The number of hydrogen-bond donors (Lipinski definition) is 1. The second kappa shape index (κ2) is 9.90. The third-order valence-corrected chi connectivity index (χ3v) is 7.00. The fraction of sp³-hybridized carbons (Fsp3) is 0.348. The molecule has 0 bridgehead atoms. The van der Waals surface area contributed by atoms with E-state index in [9.17, 15) is 14.0 Å². The highest BCUT2D eigenvalue weighted by Gasteiger charge is 2.25. The third kappa shape index (κ3) is 4.78. The third-order valence-electron chi connectivity index (χ3n) is 6.04. The predicted octanol–water partition coefficient (Wildman–Crippen LogP) is 1.86. The number of hydrogen-bond acceptors (Lipinski definition) is 8. The van der Waals surface area contributed by atoms with Crippen molar-refractivity contribution in [3.8, 4) is 0 Å². The summed E-state index contributed by atoms with van der Waals surface area (Å²) < 4.78 is 16.6. The number of thioether (sulfide) groups is 1. The van der Waals surface area contributed by atoms with Gasteiger partial charge in [-0.05, 0) is 36.8 Å². The molecule has 0 atom stereocenters. The topological polar surface area (TPSA) is 105 Å². The number of H-pyrrole nitrogens is 1. The molecule has 0 radical (unpaired) electrons. The Labute approximate surface area is 204 Å². The number of aromatic amines is 1. The molecule has 0 amide bonds. The van der Waals surface area contributed by atoms with Crippen molar-refractivity contribution in [2.45, 2.75) is 18.1 Å². The van der Waals surface area contributed by atoms with Crippen LogP contribution in [0.15, 0.2) is 57.5 Å². The maximum atomic E-state index is 13.3. The van der Waals surface area contributed by atoms with Crippen molar-refractivity contribution in [3.63, 3.8) is 0 Å². The van der Waals surface area contributed by atoms with Crippen molar-refractivity contribution in [2.75, 3.05) is 41.7 Å². The highest BCUT2D eigenvalue weighted by atomic mass is 32.2. The summed E-state index contributed by atoms with van der Waals surface area (Å²) in [5.41, 5.74) is 0.804. The van der Waals surface area contributed by atoms with E-state index < -0.39 is 11.2 Å². The molecule has 1 N–H and O–H groups in total. The molecule has 0 unspecified atom stereocenters. The minimum absolute atomic E-state index is 0.256. The lowest BCUT2D eigenvalue weighted by Gasteiger charge is -2.36. The number of piperazine rings is 1. The monoisotopic (exact) mass is 496 g/mol. The zero-order valence-electron chi connectivity index (χ0n) is 19.2.